The summed E-state index contributed by atoms with van der Waals surface area (Å²) in [5, 5.41) is 3.89. The number of hydrogen-bond donors (Lipinski definition) is 1. The Labute approximate surface area is 100 Å². The molecule has 0 saturated carbocycles. The third-order valence-corrected chi connectivity index (χ3v) is 2.78. The van der Waals surface area contributed by atoms with Crippen LogP contribution in [0.2, 0.25) is 0 Å². The van der Waals surface area contributed by atoms with Gasteiger partial charge in [-0.3, -0.25) is 0 Å². The fourth-order valence-electron chi connectivity index (χ4n) is 1.81. The van der Waals surface area contributed by atoms with Gasteiger partial charge in [-0.15, -0.1) is 0 Å². The normalized spacial score (nSPS) is 10.6. The summed E-state index contributed by atoms with van der Waals surface area (Å²) >= 11 is 0. The third kappa shape index (κ3) is 2.17. The van der Waals surface area contributed by atoms with E-state index in [1.54, 1.807) is 7.11 Å². The van der Waals surface area contributed by atoms with Gasteiger partial charge in [-0.2, -0.15) is 0 Å². The van der Waals surface area contributed by atoms with Crippen LogP contribution in [0.4, 0.5) is 0 Å². The van der Waals surface area contributed by atoms with Crippen molar-refractivity contribution in [3.05, 3.63) is 35.0 Å². The summed E-state index contributed by atoms with van der Waals surface area (Å²) in [6.07, 6.45) is 0. The predicted molar refractivity (Wildman–Crippen MR) is 65.9 cm³/mol. The number of benzene rings is 1. The smallest absolute Gasteiger partial charge is 0.167 e. The van der Waals surface area contributed by atoms with E-state index in [9.17, 15) is 0 Å². The molecule has 0 aliphatic heterocycles. The first kappa shape index (κ1) is 11.7. The lowest BCUT2D eigenvalue weighted by Gasteiger charge is -2.08. The molecule has 0 fully saturated rings. The topological polar surface area (TPSA) is 61.3 Å². The van der Waals surface area contributed by atoms with Crippen molar-refractivity contribution in [3.63, 3.8) is 0 Å². The van der Waals surface area contributed by atoms with E-state index < -0.39 is 0 Å². The highest BCUT2D eigenvalue weighted by Gasteiger charge is 2.11. The maximum atomic E-state index is 5.51. The molecular weight excluding hydrogens is 216 g/mol. The molecule has 2 aromatic rings. The molecule has 1 heterocycles. The van der Waals surface area contributed by atoms with Crippen LogP contribution in [0.3, 0.4) is 0 Å². The van der Waals surface area contributed by atoms with E-state index in [0.29, 0.717) is 6.54 Å². The van der Waals surface area contributed by atoms with Gasteiger partial charge in [0.05, 0.1) is 12.8 Å². The van der Waals surface area contributed by atoms with Crippen molar-refractivity contribution >= 4 is 0 Å². The fourth-order valence-corrected chi connectivity index (χ4v) is 1.81. The molecule has 0 aliphatic carbocycles. The van der Waals surface area contributed by atoms with Gasteiger partial charge < -0.3 is 15.0 Å². The molecule has 17 heavy (non-hydrogen) atoms. The van der Waals surface area contributed by atoms with E-state index in [2.05, 4.69) is 5.16 Å². The number of aromatic nitrogens is 1. The van der Waals surface area contributed by atoms with Crippen molar-refractivity contribution in [2.75, 3.05) is 7.11 Å². The minimum atomic E-state index is 0.387. The second-order valence-electron chi connectivity index (χ2n) is 4.02. The lowest BCUT2D eigenvalue weighted by atomic mass is 10.0. The minimum Gasteiger partial charge on any atom is -0.496 e. The number of aryl methyl sites for hydroxylation is 2. The molecule has 2 N–H and O–H groups in total. The Hall–Kier alpha value is -1.81. The zero-order valence-electron chi connectivity index (χ0n) is 10.3. The largest absolute Gasteiger partial charge is 0.496 e. The summed E-state index contributed by atoms with van der Waals surface area (Å²) < 4.78 is 10.6. The second-order valence-corrected chi connectivity index (χ2v) is 4.02. The average molecular weight is 232 g/mol. The Balaban J connectivity index is 2.48. The molecule has 1 aromatic carbocycles. The van der Waals surface area contributed by atoms with E-state index in [4.69, 9.17) is 15.0 Å². The van der Waals surface area contributed by atoms with Gasteiger partial charge in [-0.05, 0) is 37.1 Å². The molecule has 1 aromatic heterocycles. The number of rotatable bonds is 3. The summed E-state index contributed by atoms with van der Waals surface area (Å²) in [6, 6.07) is 5.90. The van der Waals surface area contributed by atoms with Crippen molar-refractivity contribution in [1.29, 1.82) is 0 Å². The Kier molecular flexibility index (Phi) is 3.15. The van der Waals surface area contributed by atoms with E-state index in [-0.39, 0.29) is 0 Å². The van der Waals surface area contributed by atoms with Crippen molar-refractivity contribution in [3.8, 4) is 17.1 Å². The maximum absolute atomic E-state index is 5.51. The van der Waals surface area contributed by atoms with E-state index in [1.165, 1.54) is 0 Å². The molecule has 0 aliphatic rings. The van der Waals surface area contributed by atoms with Crippen molar-refractivity contribution in [2.45, 2.75) is 20.4 Å². The number of methoxy groups -OCH3 is 1. The monoisotopic (exact) mass is 232 g/mol. The van der Waals surface area contributed by atoms with Crippen LogP contribution in [0.1, 0.15) is 16.8 Å². The number of nitrogens with two attached hydrogens (primary N) is 1. The molecule has 0 unspecified atom stereocenters. The maximum Gasteiger partial charge on any atom is 0.167 e. The standard InChI is InChI=1S/C13H16N2O2/c1-8-5-12(16-3)9(2)4-11(8)13-6-10(7-14)15-17-13/h4-6H,7,14H2,1-3H3. The average Bonchev–Trinajstić information content (AvgIpc) is 2.80. The molecular formula is C13H16N2O2. The lowest BCUT2D eigenvalue weighted by Crippen LogP contribution is -1.95. The molecule has 0 saturated heterocycles. The second kappa shape index (κ2) is 4.59. The fraction of sp³-hybridized carbons (Fsp3) is 0.308. The number of nitrogens with zero attached hydrogens (tertiary/aromatic N) is 1. The Morgan fingerprint density at radius 3 is 2.59 bits per heavy atom. The Morgan fingerprint density at radius 1 is 1.24 bits per heavy atom. The van der Waals surface area contributed by atoms with Crippen LogP contribution in [0, 0.1) is 13.8 Å². The molecule has 0 amide bonds. The van der Waals surface area contributed by atoms with E-state index in [1.807, 2.05) is 32.0 Å². The molecule has 0 bridgehead atoms. The SMILES string of the molecule is COc1cc(C)c(-c2cc(CN)no2)cc1C. The summed E-state index contributed by atoms with van der Waals surface area (Å²) in [7, 11) is 1.67. The van der Waals surface area contributed by atoms with Crippen molar-refractivity contribution in [2.24, 2.45) is 5.73 Å². The van der Waals surface area contributed by atoms with Gasteiger partial charge in [0.15, 0.2) is 5.76 Å². The van der Waals surface area contributed by atoms with Gasteiger partial charge in [0.25, 0.3) is 0 Å². The van der Waals surface area contributed by atoms with Crippen LogP contribution in [0.25, 0.3) is 11.3 Å². The van der Waals surface area contributed by atoms with Crippen LogP contribution in [0.5, 0.6) is 5.75 Å². The molecule has 90 valence electrons. The van der Waals surface area contributed by atoms with Crippen molar-refractivity contribution in [1.82, 2.24) is 5.16 Å². The summed E-state index contributed by atoms with van der Waals surface area (Å²) in [6.45, 7) is 4.40. The molecule has 4 nitrogen and oxygen atoms in total. The zero-order valence-corrected chi connectivity index (χ0v) is 10.3. The molecule has 0 spiro atoms. The minimum absolute atomic E-state index is 0.387. The van der Waals surface area contributed by atoms with E-state index >= 15 is 0 Å². The quantitative estimate of drug-likeness (QED) is 0.882. The highest BCUT2D eigenvalue weighted by atomic mass is 16.5. The summed E-state index contributed by atoms with van der Waals surface area (Å²) in [5.74, 6) is 1.62. The Bertz CT molecular complexity index is 532. The lowest BCUT2D eigenvalue weighted by molar-refractivity contribution is 0.410. The van der Waals surface area contributed by atoms with Crippen LogP contribution in [0.15, 0.2) is 22.7 Å². The van der Waals surface area contributed by atoms with Gasteiger partial charge in [-0.25, -0.2) is 0 Å². The van der Waals surface area contributed by atoms with Crippen LogP contribution in [-0.2, 0) is 6.54 Å². The van der Waals surface area contributed by atoms with Gasteiger partial charge in [0.1, 0.15) is 5.75 Å². The Morgan fingerprint density at radius 2 is 2.00 bits per heavy atom. The summed E-state index contributed by atoms with van der Waals surface area (Å²) in [4.78, 5) is 0. The number of ether oxygens (including phenoxy) is 1. The first-order valence-electron chi connectivity index (χ1n) is 5.47. The van der Waals surface area contributed by atoms with Crippen LogP contribution >= 0.6 is 0 Å². The highest BCUT2D eigenvalue weighted by Crippen LogP contribution is 2.30. The van der Waals surface area contributed by atoms with Crippen molar-refractivity contribution < 1.29 is 9.26 Å². The predicted octanol–water partition coefficient (Wildman–Crippen LogP) is 2.43. The molecule has 0 radical (unpaired) electrons. The first-order chi connectivity index (χ1) is 8.15. The summed E-state index contributed by atoms with van der Waals surface area (Å²) in [5.41, 5.74) is 9.45. The van der Waals surface area contributed by atoms with Gasteiger partial charge in [-0.1, -0.05) is 5.16 Å². The van der Waals surface area contributed by atoms with E-state index in [0.717, 1.165) is 33.9 Å². The van der Waals surface area contributed by atoms with Gasteiger partial charge in [0.2, 0.25) is 0 Å². The van der Waals surface area contributed by atoms with Gasteiger partial charge >= 0.3 is 0 Å². The third-order valence-electron chi connectivity index (χ3n) is 2.78. The first-order valence-corrected chi connectivity index (χ1v) is 5.47. The zero-order chi connectivity index (χ0) is 12.4. The molecule has 4 heteroatoms. The number of hydrogen-bond acceptors (Lipinski definition) is 4. The van der Waals surface area contributed by atoms with Gasteiger partial charge in [0, 0.05) is 18.2 Å². The van der Waals surface area contributed by atoms with Crippen LogP contribution in [-0.4, -0.2) is 12.3 Å². The highest BCUT2D eigenvalue weighted by molar-refractivity contribution is 5.65. The molecule has 0 atom stereocenters. The molecule has 2 rings (SSSR count). The van der Waals surface area contributed by atoms with Crippen LogP contribution < -0.4 is 10.5 Å².